The van der Waals surface area contributed by atoms with Crippen LogP contribution in [-0.4, -0.2) is 56.1 Å². The van der Waals surface area contributed by atoms with Crippen molar-refractivity contribution in [3.8, 4) is 0 Å². The minimum absolute atomic E-state index is 0.0863. The van der Waals surface area contributed by atoms with Gasteiger partial charge in [-0.25, -0.2) is 0 Å². The molecule has 4 saturated carbocycles. The maximum Gasteiger partial charge on any atom is 0.117 e. The zero-order valence-corrected chi connectivity index (χ0v) is 15.6. The molecule has 0 saturated heterocycles. The van der Waals surface area contributed by atoms with Crippen LogP contribution in [0.4, 0.5) is 0 Å². The van der Waals surface area contributed by atoms with Gasteiger partial charge in [-0.05, 0) is 54.8 Å². The van der Waals surface area contributed by atoms with Crippen molar-refractivity contribution in [2.75, 3.05) is 6.61 Å². The van der Waals surface area contributed by atoms with E-state index in [-0.39, 0.29) is 28.6 Å². The lowest BCUT2D eigenvalue weighted by Crippen LogP contribution is -2.67. The van der Waals surface area contributed by atoms with Gasteiger partial charge in [0.15, 0.2) is 0 Å². The fourth-order valence-corrected chi connectivity index (χ4v) is 8.14. The van der Waals surface area contributed by atoms with Crippen LogP contribution in [0.3, 0.4) is 0 Å². The van der Waals surface area contributed by atoms with E-state index in [0.29, 0.717) is 19.3 Å². The van der Waals surface area contributed by atoms with Crippen molar-refractivity contribution in [1.29, 1.82) is 0 Å². The molecule has 5 heteroatoms. The first kappa shape index (κ1) is 18.2. The first-order valence-corrected chi connectivity index (χ1v) is 9.91. The van der Waals surface area contributed by atoms with Crippen molar-refractivity contribution >= 4 is 0 Å². The van der Waals surface area contributed by atoms with E-state index in [1.165, 1.54) is 0 Å². The maximum atomic E-state index is 11.2. The van der Waals surface area contributed by atoms with Crippen LogP contribution in [0.5, 0.6) is 0 Å². The Morgan fingerprint density at radius 2 is 1.68 bits per heavy atom. The Kier molecular flexibility index (Phi) is 3.78. The monoisotopic (exact) mass is 354 g/mol. The quantitative estimate of drug-likeness (QED) is 0.485. The molecule has 0 aliphatic heterocycles. The van der Waals surface area contributed by atoms with Gasteiger partial charge in [-0.3, -0.25) is 0 Å². The lowest BCUT2D eigenvalue weighted by molar-refractivity contribution is -0.253. The summed E-state index contributed by atoms with van der Waals surface area (Å²) < 4.78 is 0. The van der Waals surface area contributed by atoms with Crippen LogP contribution in [-0.2, 0) is 0 Å². The van der Waals surface area contributed by atoms with Gasteiger partial charge in [0.05, 0.1) is 24.9 Å². The fraction of sp³-hybridized carbons (Fsp3) is 1.00. The van der Waals surface area contributed by atoms with E-state index < -0.39 is 35.9 Å². The Hall–Kier alpha value is -0.200. The highest BCUT2D eigenvalue weighted by Gasteiger charge is 2.76. The third-order valence-corrected chi connectivity index (χ3v) is 9.10. The minimum atomic E-state index is -1.62. The summed E-state index contributed by atoms with van der Waals surface area (Å²) in [5.41, 5.74) is -2.63. The fourth-order valence-electron chi connectivity index (χ4n) is 8.14. The van der Waals surface area contributed by atoms with Crippen LogP contribution in [0, 0.1) is 34.0 Å². The Morgan fingerprint density at radius 1 is 1.00 bits per heavy atom. The third-order valence-electron chi connectivity index (χ3n) is 9.10. The summed E-state index contributed by atoms with van der Waals surface area (Å²) in [6.45, 7) is 6.21. The van der Waals surface area contributed by atoms with Gasteiger partial charge in [0.25, 0.3) is 0 Å². The average molecular weight is 354 g/mol. The molecule has 4 aliphatic carbocycles. The molecular weight excluding hydrogens is 320 g/mol. The summed E-state index contributed by atoms with van der Waals surface area (Å²) in [5.74, 6) is -0.342. The molecule has 0 aromatic carbocycles. The van der Waals surface area contributed by atoms with Crippen LogP contribution < -0.4 is 0 Å². The molecule has 0 radical (unpaired) electrons. The molecule has 2 bridgehead atoms. The van der Waals surface area contributed by atoms with E-state index in [1.54, 1.807) is 0 Å². The summed E-state index contributed by atoms with van der Waals surface area (Å²) in [7, 11) is 0. The van der Waals surface area contributed by atoms with Crippen LogP contribution in [0.25, 0.3) is 0 Å². The summed E-state index contributed by atoms with van der Waals surface area (Å²) >= 11 is 0. The predicted molar refractivity (Wildman–Crippen MR) is 92.5 cm³/mol. The first-order chi connectivity index (χ1) is 11.5. The number of rotatable bonds is 1. The first-order valence-electron chi connectivity index (χ1n) is 9.91. The number of hydrogen-bond donors (Lipinski definition) is 5. The second-order valence-electron chi connectivity index (χ2n) is 10.5. The van der Waals surface area contributed by atoms with Gasteiger partial charge in [0.2, 0.25) is 0 Å². The van der Waals surface area contributed by atoms with Crippen molar-refractivity contribution < 1.29 is 25.5 Å². The summed E-state index contributed by atoms with van der Waals surface area (Å²) in [6, 6.07) is 0. The normalized spacial score (nSPS) is 60.0. The molecule has 5 N–H and O–H groups in total. The van der Waals surface area contributed by atoms with E-state index in [0.717, 1.165) is 19.3 Å². The number of aliphatic hydroxyl groups is 5. The maximum absolute atomic E-state index is 11.2. The van der Waals surface area contributed by atoms with Crippen molar-refractivity contribution in [2.45, 2.75) is 83.2 Å². The molecule has 0 aromatic heterocycles. The second kappa shape index (κ2) is 5.20. The topological polar surface area (TPSA) is 101 Å². The SMILES string of the molecule is CC1(C)CCC[C@]2(C)[C@@H]1C[C@H](O)[C@@]13C[C@@H](C[C@H](O)[C@@H]21)[C@@](O)(CO)[C@@H]3O. The zero-order chi connectivity index (χ0) is 18.4. The van der Waals surface area contributed by atoms with Crippen LogP contribution in [0.2, 0.25) is 0 Å². The number of hydrogen-bond acceptors (Lipinski definition) is 5. The van der Waals surface area contributed by atoms with Crippen LogP contribution in [0.15, 0.2) is 0 Å². The lowest BCUT2D eigenvalue weighted by atomic mass is 9.39. The van der Waals surface area contributed by atoms with Gasteiger partial charge in [-0.2, -0.15) is 0 Å². The third kappa shape index (κ3) is 1.97. The van der Waals surface area contributed by atoms with Gasteiger partial charge in [-0.1, -0.05) is 27.2 Å². The van der Waals surface area contributed by atoms with Gasteiger partial charge < -0.3 is 25.5 Å². The number of aliphatic hydroxyl groups excluding tert-OH is 4. The Morgan fingerprint density at radius 3 is 2.32 bits per heavy atom. The van der Waals surface area contributed by atoms with Crippen LogP contribution >= 0.6 is 0 Å². The zero-order valence-electron chi connectivity index (χ0n) is 15.6. The van der Waals surface area contributed by atoms with Crippen LogP contribution in [0.1, 0.15) is 59.3 Å². The standard InChI is InChI=1S/C20H34O5/c1-17(2)5-4-6-18(3)13(17)8-14(23)19-9-11(7-12(22)15(18)19)20(25,10-21)16(19)24/h11-16,21-25H,4-10H2,1-3H3/t11-,12+,13-,14+,15+,16-,18-,19+,20+/m1/s1. The molecule has 5 nitrogen and oxygen atoms in total. The molecule has 1 spiro atoms. The molecule has 4 fully saturated rings. The Labute approximate surface area is 150 Å². The molecule has 9 atom stereocenters. The van der Waals surface area contributed by atoms with Gasteiger partial charge >= 0.3 is 0 Å². The van der Waals surface area contributed by atoms with Crippen molar-refractivity contribution in [1.82, 2.24) is 0 Å². The number of fused-ring (bicyclic) bond motifs is 3. The van der Waals surface area contributed by atoms with E-state index in [2.05, 4.69) is 20.8 Å². The van der Waals surface area contributed by atoms with Gasteiger partial charge in [0.1, 0.15) is 5.60 Å². The molecule has 0 aromatic rings. The molecule has 0 unspecified atom stereocenters. The highest BCUT2D eigenvalue weighted by atomic mass is 16.4. The van der Waals surface area contributed by atoms with Crippen molar-refractivity contribution in [2.24, 2.45) is 34.0 Å². The molecule has 0 amide bonds. The molecule has 144 valence electrons. The van der Waals surface area contributed by atoms with E-state index in [9.17, 15) is 25.5 Å². The highest BCUT2D eigenvalue weighted by molar-refractivity contribution is 5.24. The largest absolute Gasteiger partial charge is 0.393 e. The average Bonchev–Trinajstić information content (AvgIpc) is 2.70. The molecular formula is C20H34O5. The van der Waals surface area contributed by atoms with Gasteiger partial charge in [0, 0.05) is 11.3 Å². The van der Waals surface area contributed by atoms with Crippen molar-refractivity contribution in [3.63, 3.8) is 0 Å². The van der Waals surface area contributed by atoms with E-state index in [1.807, 2.05) is 0 Å². The highest BCUT2D eigenvalue weighted by Crippen LogP contribution is 2.72. The Bertz CT molecular complexity index is 564. The molecule has 0 heterocycles. The molecule has 4 rings (SSSR count). The lowest BCUT2D eigenvalue weighted by Gasteiger charge is -2.66. The summed E-state index contributed by atoms with van der Waals surface area (Å²) in [6.07, 6.45) is 2.01. The molecule has 4 aliphatic rings. The smallest absolute Gasteiger partial charge is 0.117 e. The molecule has 25 heavy (non-hydrogen) atoms. The van der Waals surface area contributed by atoms with E-state index >= 15 is 0 Å². The minimum Gasteiger partial charge on any atom is -0.393 e. The summed E-state index contributed by atoms with van der Waals surface area (Å²) in [4.78, 5) is 0. The Balaban J connectivity index is 1.86. The van der Waals surface area contributed by atoms with Gasteiger partial charge in [-0.15, -0.1) is 0 Å². The van der Waals surface area contributed by atoms with Crippen molar-refractivity contribution in [3.05, 3.63) is 0 Å². The van der Waals surface area contributed by atoms with E-state index in [4.69, 9.17) is 0 Å². The second-order valence-corrected chi connectivity index (χ2v) is 10.5. The summed E-state index contributed by atoms with van der Waals surface area (Å²) in [5, 5.41) is 54.2. The predicted octanol–water partition coefficient (Wildman–Crippen LogP) is 1.05.